The van der Waals surface area contributed by atoms with Crippen LogP contribution < -0.4 is 0 Å². The van der Waals surface area contributed by atoms with E-state index in [9.17, 15) is 4.79 Å². The highest BCUT2D eigenvalue weighted by molar-refractivity contribution is 6.47. The maximum atomic E-state index is 10.6. The molecule has 0 spiro atoms. The standard InChI is InChI=1S/C7H4N2O/c8-4-5-1-2-7(10)6(9)3-5/h1-3,9H. The molecule has 0 amide bonds. The zero-order valence-corrected chi connectivity index (χ0v) is 5.09. The molecule has 3 nitrogen and oxygen atoms in total. The zero-order valence-electron chi connectivity index (χ0n) is 5.09. The Labute approximate surface area is 57.8 Å². The smallest absolute Gasteiger partial charge is 0.203 e. The molecular formula is C7H4N2O. The molecule has 1 aliphatic carbocycles. The van der Waals surface area contributed by atoms with Crippen LogP contribution in [0.4, 0.5) is 0 Å². The van der Waals surface area contributed by atoms with Crippen molar-refractivity contribution in [1.82, 2.24) is 0 Å². The van der Waals surface area contributed by atoms with E-state index < -0.39 is 0 Å². The monoisotopic (exact) mass is 132 g/mol. The number of ketones is 1. The molecule has 1 N–H and O–H groups in total. The molecule has 0 aromatic carbocycles. The van der Waals surface area contributed by atoms with Crippen molar-refractivity contribution in [2.24, 2.45) is 0 Å². The van der Waals surface area contributed by atoms with Crippen LogP contribution in [0.25, 0.3) is 0 Å². The van der Waals surface area contributed by atoms with E-state index >= 15 is 0 Å². The molecular weight excluding hydrogens is 128 g/mol. The molecule has 1 rings (SSSR count). The van der Waals surface area contributed by atoms with E-state index in [-0.39, 0.29) is 11.5 Å². The summed E-state index contributed by atoms with van der Waals surface area (Å²) in [7, 11) is 0. The number of nitriles is 1. The second-order valence-electron chi connectivity index (χ2n) is 1.82. The number of carbonyl (C=O) groups excluding carboxylic acids is 1. The van der Waals surface area contributed by atoms with Gasteiger partial charge in [-0.25, -0.2) is 0 Å². The van der Waals surface area contributed by atoms with Gasteiger partial charge in [-0.15, -0.1) is 0 Å². The molecule has 0 bridgehead atoms. The molecule has 10 heavy (non-hydrogen) atoms. The number of allylic oxidation sites excluding steroid dienone is 4. The van der Waals surface area contributed by atoms with Gasteiger partial charge < -0.3 is 0 Å². The lowest BCUT2D eigenvalue weighted by atomic mass is 10.1. The number of hydrogen-bond donors (Lipinski definition) is 1. The van der Waals surface area contributed by atoms with Crippen molar-refractivity contribution in [3.05, 3.63) is 23.8 Å². The first kappa shape index (κ1) is 6.43. The molecule has 0 radical (unpaired) electrons. The molecule has 0 aliphatic heterocycles. The van der Waals surface area contributed by atoms with E-state index in [0.29, 0.717) is 5.57 Å². The number of rotatable bonds is 0. The van der Waals surface area contributed by atoms with Gasteiger partial charge in [0.1, 0.15) is 5.71 Å². The second kappa shape index (κ2) is 2.28. The first-order valence-electron chi connectivity index (χ1n) is 2.67. The van der Waals surface area contributed by atoms with Crippen molar-refractivity contribution >= 4 is 11.5 Å². The van der Waals surface area contributed by atoms with Crippen LogP contribution in [0, 0.1) is 16.7 Å². The van der Waals surface area contributed by atoms with Gasteiger partial charge >= 0.3 is 0 Å². The lowest BCUT2D eigenvalue weighted by molar-refractivity contribution is -0.108. The van der Waals surface area contributed by atoms with Gasteiger partial charge in [0.2, 0.25) is 5.78 Å². The van der Waals surface area contributed by atoms with Crippen molar-refractivity contribution < 1.29 is 4.79 Å². The van der Waals surface area contributed by atoms with Gasteiger partial charge in [0.25, 0.3) is 0 Å². The average Bonchev–Trinajstić information content (AvgIpc) is 1.95. The fourth-order valence-electron chi connectivity index (χ4n) is 0.600. The third-order valence-corrected chi connectivity index (χ3v) is 1.11. The van der Waals surface area contributed by atoms with Gasteiger partial charge in [0, 0.05) is 0 Å². The molecule has 3 heteroatoms. The molecule has 48 valence electrons. The highest BCUT2D eigenvalue weighted by Crippen LogP contribution is 2.02. The highest BCUT2D eigenvalue weighted by Gasteiger charge is 2.08. The topological polar surface area (TPSA) is 64.7 Å². The van der Waals surface area contributed by atoms with Crippen LogP contribution in [0.5, 0.6) is 0 Å². The molecule has 0 aromatic rings. The Hall–Kier alpha value is -1.69. The van der Waals surface area contributed by atoms with Crippen LogP contribution in [0.3, 0.4) is 0 Å². The molecule has 0 saturated heterocycles. The van der Waals surface area contributed by atoms with Crippen molar-refractivity contribution in [3.8, 4) is 6.07 Å². The van der Waals surface area contributed by atoms with Crippen molar-refractivity contribution in [2.75, 3.05) is 0 Å². The first-order valence-corrected chi connectivity index (χ1v) is 2.67. The van der Waals surface area contributed by atoms with Crippen molar-refractivity contribution in [2.45, 2.75) is 0 Å². The third-order valence-electron chi connectivity index (χ3n) is 1.11. The second-order valence-corrected chi connectivity index (χ2v) is 1.82. The molecule has 0 fully saturated rings. The quantitative estimate of drug-likeness (QED) is 0.490. The van der Waals surface area contributed by atoms with E-state index in [1.54, 1.807) is 0 Å². The lowest BCUT2D eigenvalue weighted by Crippen LogP contribution is -2.10. The van der Waals surface area contributed by atoms with Crippen molar-refractivity contribution in [1.29, 1.82) is 10.7 Å². The predicted octanol–water partition coefficient (Wildman–Crippen LogP) is 0.595. The Morgan fingerprint density at radius 3 is 2.70 bits per heavy atom. The SMILES string of the molecule is N#CC1=CC(=N)C(=O)C=C1. The van der Waals surface area contributed by atoms with E-state index in [2.05, 4.69) is 0 Å². The summed E-state index contributed by atoms with van der Waals surface area (Å²) in [5.74, 6) is -0.348. The average molecular weight is 132 g/mol. The number of hydrogen-bond acceptors (Lipinski definition) is 3. The summed E-state index contributed by atoms with van der Waals surface area (Å²) in [6, 6.07) is 1.84. The predicted molar refractivity (Wildman–Crippen MR) is 35.6 cm³/mol. The minimum absolute atomic E-state index is 0.126. The summed E-state index contributed by atoms with van der Waals surface area (Å²) >= 11 is 0. The maximum absolute atomic E-state index is 10.6. The van der Waals surface area contributed by atoms with Crippen LogP contribution in [0.2, 0.25) is 0 Å². The Balaban J connectivity index is 3.00. The van der Waals surface area contributed by atoms with Crippen LogP contribution in [-0.4, -0.2) is 11.5 Å². The van der Waals surface area contributed by atoms with Crippen molar-refractivity contribution in [3.63, 3.8) is 0 Å². The Bertz CT molecular complexity index is 291. The minimum Gasteiger partial charge on any atom is -0.297 e. The lowest BCUT2D eigenvalue weighted by Gasteiger charge is -1.96. The fourth-order valence-corrected chi connectivity index (χ4v) is 0.600. The summed E-state index contributed by atoms with van der Waals surface area (Å²) in [6.07, 6.45) is 3.88. The van der Waals surface area contributed by atoms with Crippen LogP contribution in [0.15, 0.2) is 23.8 Å². The molecule has 0 atom stereocenters. The van der Waals surface area contributed by atoms with Gasteiger partial charge in [0.05, 0.1) is 11.6 Å². The first-order chi connectivity index (χ1) is 4.74. The van der Waals surface area contributed by atoms with Gasteiger partial charge in [-0.05, 0) is 18.2 Å². The summed E-state index contributed by atoms with van der Waals surface area (Å²) < 4.78 is 0. The largest absolute Gasteiger partial charge is 0.297 e. The van der Waals surface area contributed by atoms with E-state index in [0.717, 1.165) is 0 Å². The number of carbonyl (C=O) groups is 1. The molecule has 0 aromatic heterocycles. The van der Waals surface area contributed by atoms with E-state index in [1.807, 2.05) is 6.07 Å². The van der Waals surface area contributed by atoms with Gasteiger partial charge in [0.15, 0.2) is 0 Å². The number of nitrogens with one attached hydrogen (secondary N) is 1. The van der Waals surface area contributed by atoms with Gasteiger partial charge in [-0.3, -0.25) is 10.2 Å². The maximum Gasteiger partial charge on any atom is 0.203 e. The van der Waals surface area contributed by atoms with Crippen LogP contribution in [0.1, 0.15) is 0 Å². The molecule has 0 heterocycles. The fraction of sp³-hybridized carbons (Fsp3) is 0. The molecule has 0 unspecified atom stereocenters. The Morgan fingerprint density at radius 2 is 2.20 bits per heavy atom. The van der Waals surface area contributed by atoms with Crippen LogP contribution >= 0.6 is 0 Å². The zero-order chi connectivity index (χ0) is 7.56. The minimum atomic E-state index is -0.348. The van der Waals surface area contributed by atoms with E-state index in [4.69, 9.17) is 10.7 Å². The van der Waals surface area contributed by atoms with Gasteiger partial charge in [-0.1, -0.05) is 0 Å². The highest BCUT2D eigenvalue weighted by atomic mass is 16.1. The van der Waals surface area contributed by atoms with Crippen LogP contribution in [-0.2, 0) is 4.79 Å². The Kier molecular flexibility index (Phi) is 1.46. The summed E-state index contributed by atoms with van der Waals surface area (Å²) in [5.41, 5.74) is 0.226. The summed E-state index contributed by atoms with van der Waals surface area (Å²) in [5, 5.41) is 15.3. The third kappa shape index (κ3) is 1.00. The van der Waals surface area contributed by atoms with Gasteiger partial charge in [-0.2, -0.15) is 5.26 Å². The number of nitrogens with zero attached hydrogens (tertiary/aromatic N) is 1. The summed E-state index contributed by atoms with van der Waals surface area (Å²) in [4.78, 5) is 10.6. The summed E-state index contributed by atoms with van der Waals surface area (Å²) in [6.45, 7) is 0. The van der Waals surface area contributed by atoms with E-state index in [1.165, 1.54) is 18.2 Å². The normalized spacial score (nSPS) is 16.5. The molecule has 0 saturated carbocycles. The Morgan fingerprint density at radius 1 is 1.50 bits per heavy atom. The molecule has 1 aliphatic rings.